The molecule has 2 atom stereocenters. The first-order valence-electron chi connectivity index (χ1n) is 9.22. The summed E-state index contributed by atoms with van der Waals surface area (Å²) in [6.45, 7) is 2.30. The predicted molar refractivity (Wildman–Crippen MR) is 101 cm³/mol. The van der Waals surface area contributed by atoms with Crippen molar-refractivity contribution in [3.8, 4) is 5.75 Å². The molecule has 1 aromatic rings. The molecule has 156 valence electrons. The lowest BCUT2D eigenvalue weighted by Crippen LogP contribution is -2.56. The number of phenolic OH excluding ortho intramolecular Hbond substituents is 1. The Balaban J connectivity index is 3.00. The number of rotatable bonds is 14. The molecule has 28 heavy (non-hydrogen) atoms. The molecule has 0 bridgehead atoms. The number of carboxylic acids is 3. The second-order valence-corrected chi connectivity index (χ2v) is 6.58. The maximum Gasteiger partial charge on any atom is 0.322 e. The highest BCUT2D eigenvalue weighted by Gasteiger charge is 2.30. The minimum absolute atomic E-state index is 0.0631. The summed E-state index contributed by atoms with van der Waals surface area (Å²) in [5.41, 5.74) is 3.39. The molecule has 0 saturated heterocycles. The van der Waals surface area contributed by atoms with Crippen molar-refractivity contribution < 1.29 is 34.8 Å². The molecule has 9 heteroatoms. The molecule has 0 aliphatic carbocycles. The summed E-state index contributed by atoms with van der Waals surface area (Å²) in [7, 11) is 0. The normalized spacial score (nSPS) is 13.2. The van der Waals surface area contributed by atoms with E-state index < -0.39 is 30.0 Å². The molecule has 9 nitrogen and oxygen atoms in total. The number of phenols is 1. The van der Waals surface area contributed by atoms with Crippen LogP contribution in [0, 0.1) is 0 Å². The van der Waals surface area contributed by atoms with Gasteiger partial charge in [-0.3, -0.25) is 14.4 Å². The fourth-order valence-electron chi connectivity index (χ4n) is 2.74. The van der Waals surface area contributed by atoms with E-state index in [1.807, 2.05) is 6.92 Å². The van der Waals surface area contributed by atoms with Crippen LogP contribution < -0.4 is 5.43 Å². The fraction of sp³-hybridized carbons (Fsp3) is 0.526. The van der Waals surface area contributed by atoms with Crippen molar-refractivity contribution in [2.24, 2.45) is 0 Å². The van der Waals surface area contributed by atoms with Gasteiger partial charge in [-0.2, -0.15) is 0 Å². The summed E-state index contributed by atoms with van der Waals surface area (Å²) >= 11 is 0. The Morgan fingerprint density at radius 3 is 2.18 bits per heavy atom. The standard InChI is InChI=1S/C19H28N2O7/c1-2-3-4-11-21(20-15(18(25)26)9-10-17(23)24)16(19(27)28)12-13-5-7-14(22)8-6-13/h5-8,15-16,20,22H,2-4,9-12H2,1H3,(H,23,24)(H,25,26)(H,27,28)/t15-,16-/m0/s1. The van der Waals surface area contributed by atoms with Gasteiger partial charge in [-0.05, 0) is 30.5 Å². The lowest BCUT2D eigenvalue weighted by Gasteiger charge is -2.32. The van der Waals surface area contributed by atoms with Gasteiger partial charge >= 0.3 is 17.9 Å². The van der Waals surface area contributed by atoms with Crippen molar-refractivity contribution >= 4 is 17.9 Å². The molecular formula is C19H28N2O7. The molecule has 0 aromatic heterocycles. The smallest absolute Gasteiger partial charge is 0.322 e. The fourth-order valence-corrected chi connectivity index (χ4v) is 2.74. The molecule has 0 aliphatic rings. The first-order chi connectivity index (χ1) is 13.2. The summed E-state index contributed by atoms with van der Waals surface area (Å²) in [5, 5.41) is 38.7. The number of carboxylic acid groups (broad SMARTS) is 3. The third kappa shape index (κ3) is 8.36. The van der Waals surface area contributed by atoms with E-state index in [-0.39, 0.29) is 25.0 Å². The third-order valence-corrected chi connectivity index (χ3v) is 4.30. The number of aromatic hydroxyl groups is 1. The van der Waals surface area contributed by atoms with Crippen LogP contribution in [0.3, 0.4) is 0 Å². The van der Waals surface area contributed by atoms with Crippen molar-refractivity contribution in [3.63, 3.8) is 0 Å². The Labute approximate surface area is 163 Å². The number of benzene rings is 1. The summed E-state index contributed by atoms with van der Waals surface area (Å²) < 4.78 is 0. The van der Waals surface area contributed by atoms with Crippen molar-refractivity contribution in [1.29, 1.82) is 0 Å². The SMILES string of the molecule is CCCCCN(N[C@@H](CCC(=O)O)C(=O)O)[C@@H](Cc1ccc(O)cc1)C(=O)O. The van der Waals surface area contributed by atoms with E-state index >= 15 is 0 Å². The van der Waals surface area contributed by atoms with E-state index in [4.69, 9.17) is 5.11 Å². The maximum absolute atomic E-state index is 11.9. The van der Waals surface area contributed by atoms with Gasteiger partial charge in [0.05, 0.1) is 0 Å². The van der Waals surface area contributed by atoms with Gasteiger partial charge in [0.25, 0.3) is 0 Å². The molecule has 1 aromatic carbocycles. The largest absolute Gasteiger partial charge is 0.508 e. The van der Waals surface area contributed by atoms with Gasteiger partial charge in [-0.1, -0.05) is 31.9 Å². The number of aliphatic carboxylic acids is 3. The Kier molecular flexibility index (Phi) is 9.97. The number of nitrogens with zero attached hydrogens (tertiary/aromatic N) is 1. The zero-order valence-electron chi connectivity index (χ0n) is 15.9. The van der Waals surface area contributed by atoms with Gasteiger partial charge < -0.3 is 20.4 Å². The molecule has 0 radical (unpaired) electrons. The van der Waals surface area contributed by atoms with Gasteiger partial charge in [0, 0.05) is 19.4 Å². The molecule has 0 saturated carbocycles. The van der Waals surface area contributed by atoms with Gasteiger partial charge in [0.1, 0.15) is 17.8 Å². The Hall–Kier alpha value is -2.65. The van der Waals surface area contributed by atoms with E-state index in [1.54, 1.807) is 12.1 Å². The summed E-state index contributed by atoms with van der Waals surface area (Å²) in [6, 6.07) is 3.86. The number of hydrogen-bond donors (Lipinski definition) is 5. The van der Waals surface area contributed by atoms with Crippen LogP contribution in [0.25, 0.3) is 0 Å². The zero-order valence-corrected chi connectivity index (χ0v) is 15.9. The Morgan fingerprint density at radius 1 is 1.04 bits per heavy atom. The molecule has 5 N–H and O–H groups in total. The highest BCUT2D eigenvalue weighted by Crippen LogP contribution is 2.15. The molecule has 0 fully saturated rings. The van der Waals surface area contributed by atoms with Crippen LogP contribution in [-0.2, 0) is 20.8 Å². The lowest BCUT2D eigenvalue weighted by atomic mass is 10.0. The predicted octanol–water partition coefficient (Wildman–Crippen LogP) is 1.70. The third-order valence-electron chi connectivity index (χ3n) is 4.30. The zero-order chi connectivity index (χ0) is 21.1. The molecular weight excluding hydrogens is 368 g/mol. The number of unbranched alkanes of at least 4 members (excludes halogenated alkanes) is 2. The van der Waals surface area contributed by atoms with Crippen LogP contribution in [0.4, 0.5) is 0 Å². The second-order valence-electron chi connectivity index (χ2n) is 6.58. The molecule has 0 amide bonds. The van der Waals surface area contributed by atoms with Crippen LogP contribution in [0.5, 0.6) is 5.75 Å². The van der Waals surface area contributed by atoms with Gasteiger partial charge in [-0.15, -0.1) is 0 Å². The number of hydrazine groups is 1. The quantitative estimate of drug-likeness (QED) is 0.234. The van der Waals surface area contributed by atoms with Crippen LogP contribution in [0.15, 0.2) is 24.3 Å². The Bertz CT molecular complexity index is 648. The van der Waals surface area contributed by atoms with E-state index in [9.17, 15) is 29.7 Å². The van der Waals surface area contributed by atoms with E-state index in [2.05, 4.69) is 5.43 Å². The van der Waals surface area contributed by atoms with Crippen LogP contribution in [0.1, 0.15) is 44.6 Å². The number of nitrogens with one attached hydrogen (secondary N) is 1. The van der Waals surface area contributed by atoms with Crippen molar-refractivity contribution in [3.05, 3.63) is 29.8 Å². The summed E-state index contributed by atoms with van der Waals surface area (Å²) in [6.07, 6.45) is 2.00. The van der Waals surface area contributed by atoms with Crippen molar-refractivity contribution in [2.45, 2.75) is 57.5 Å². The van der Waals surface area contributed by atoms with Gasteiger partial charge in [0.2, 0.25) is 0 Å². The molecule has 0 spiro atoms. The highest BCUT2D eigenvalue weighted by molar-refractivity contribution is 5.76. The average Bonchev–Trinajstić information content (AvgIpc) is 2.62. The van der Waals surface area contributed by atoms with Gasteiger partial charge in [0.15, 0.2) is 0 Å². The lowest BCUT2D eigenvalue weighted by molar-refractivity contribution is -0.150. The molecule has 0 unspecified atom stereocenters. The van der Waals surface area contributed by atoms with E-state index in [0.717, 1.165) is 12.8 Å². The second kappa shape index (κ2) is 11.9. The monoisotopic (exact) mass is 396 g/mol. The van der Waals surface area contributed by atoms with E-state index in [0.29, 0.717) is 18.5 Å². The minimum atomic E-state index is -1.24. The first-order valence-corrected chi connectivity index (χ1v) is 9.22. The molecule has 1 rings (SSSR count). The summed E-state index contributed by atoms with van der Waals surface area (Å²) in [5.74, 6) is -3.42. The van der Waals surface area contributed by atoms with Crippen LogP contribution >= 0.6 is 0 Å². The topological polar surface area (TPSA) is 147 Å². The van der Waals surface area contributed by atoms with Crippen LogP contribution in [0.2, 0.25) is 0 Å². The van der Waals surface area contributed by atoms with Crippen molar-refractivity contribution in [2.75, 3.05) is 6.54 Å². The number of hydrogen-bond acceptors (Lipinski definition) is 6. The average molecular weight is 396 g/mol. The highest BCUT2D eigenvalue weighted by atomic mass is 16.4. The van der Waals surface area contributed by atoms with E-state index in [1.165, 1.54) is 17.1 Å². The first kappa shape index (κ1) is 23.4. The van der Waals surface area contributed by atoms with Crippen molar-refractivity contribution in [1.82, 2.24) is 10.4 Å². The molecule has 0 heterocycles. The Morgan fingerprint density at radius 2 is 1.68 bits per heavy atom. The summed E-state index contributed by atoms with van der Waals surface area (Å²) in [4.78, 5) is 34.2. The maximum atomic E-state index is 11.9. The molecule has 0 aliphatic heterocycles. The number of carbonyl (C=O) groups is 3. The van der Waals surface area contributed by atoms with Gasteiger partial charge in [-0.25, -0.2) is 10.4 Å². The van der Waals surface area contributed by atoms with Crippen LogP contribution in [-0.4, -0.2) is 62.0 Å². The minimum Gasteiger partial charge on any atom is -0.508 e.